The van der Waals surface area contributed by atoms with E-state index in [0.717, 1.165) is 23.7 Å². The van der Waals surface area contributed by atoms with Crippen molar-refractivity contribution in [3.05, 3.63) is 29.6 Å². The molecule has 0 amide bonds. The van der Waals surface area contributed by atoms with E-state index in [1.165, 1.54) is 12.1 Å². The van der Waals surface area contributed by atoms with Gasteiger partial charge in [0.1, 0.15) is 11.6 Å². The van der Waals surface area contributed by atoms with Crippen molar-refractivity contribution in [3.8, 4) is 11.9 Å². The number of alkyl halides is 3. The van der Waals surface area contributed by atoms with E-state index in [2.05, 4.69) is 15.0 Å². The van der Waals surface area contributed by atoms with Crippen LogP contribution >= 0.6 is 0 Å². The van der Waals surface area contributed by atoms with Crippen LogP contribution < -0.4 is 4.90 Å². The quantitative estimate of drug-likeness (QED) is 0.734. The van der Waals surface area contributed by atoms with Crippen LogP contribution in [0.4, 0.5) is 19.0 Å². The molecule has 0 aliphatic carbocycles. The molecule has 3 rings (SSSR count). The van der Waals surface area contributed by atoms with E-state index in [0.29, 0.717) is 26.1 Å². The maximum atomic E-state index is 13.5. The Hall–Kier alpha value is -2.65. The molecule has 1 fully saturated rings. The minimum atomic E-state index is -4.82. The first kappa shape index (κ1) is 21.1. The van der Waals surface area contributed by atoms with Crippen molar-refractivity contribution < 1.29 is 21.6 Å². The fourth-order valence-electron chi connectivity index (χ4n) is 3.14. The van der Waals surface area contributed by atoms with E-state index < -0.39 is 27.3 Å². The zero-order valence-corrected chi connectivity index (χ0v) is 16.6. The molecule has 0 saturated carbocycles. The van der Waals surface area contributed by atoms with Gasteiger partial charge in [0, 0.05) is 32.1 Å². The molecule has 0 spiro atoms. The van der Waals surface area contributed by atoms with Crippen LogP contribution in [0.15, 0.2) is 23.2 Å². The molecule has 8 nitrogen and oxygen atoms in total. The third kappa shape index (κ3) is 4.35. The highest BCUT2D eigenvalue weighted by Gasteiger charge is 2.41. The van der Waals surface area contributed by atoms with Crippen LogP contribution in [0.1, 0.15) is 17.7 Å². The van der Waals surface area contributed by atoms with E-state index in [-0.39, 0.29) is 16.5 Å². The average Bonchev–Trinajstić information content (AvgIpc) is 2.91. The fraction of sp³-hybridized carbons (Fsp3) is 0.471. The number of nitrogens with zero attached hydrogens (tertiary/aromatic N) is 6. The van der Waals surface area contributed by atoms with E-state index in [9.17, 15) is 26.9 Å². The summed E-state index contributed by atoms with van der Waals surface area (Å²) in [4.78, 5) is 7.66. The maximum Gasteiger partial charge on any atom is 0.436 e. The number of pyridine rings is 1. The van der Waals surface area contributed by atoms with Crippen LogP contribution in [-0.4, -0.2) is 67.6 Å². The molecule has 0 bridgehead atoms. The van der Waals surface area contributed by atoms with Crippen LogP contribution in [0.3, 0.4) is 0 Å². The summed E-state index contributed by atoms with van der Waals surface area (Å²) < 4.78 is 64.8. The Morgan fingerprint density at radius 3 is 2.45 bits per heavy atom. The van der Waals surface area contributed by atoms with Gasteiger partial charge in [0.2, 0.25) is 0 Å². The van der Waals surface area contributed by atoms with Gasteiger partial charge in [-0.25, -0.2) is 13.4 Å². The minimum absolute atomic E-state index is 0.00278. The molecule has 2 aromatic heterocycles. The van der Waals surface area contributed by atoms with Crippen LogP contribution in [-0.2, 0) is 16.0 Å². The first-order valence-corrected chi connectivity index (χ1v) is 10.6. The van der Waals surface area contributed by atoms with Crippen LogP contribution in [0.25, 0.3) is 5.82 Å². The Bertz CT molecular complexity index is 1040. The second-order valence-electron chi connectivity index (χ2n) is 6.84. The average molecular weight is 428 g/mol. The molecule has 2 aromatic rings. The summed E-state index contributed by atoms with van der Waals surface area (Å²) in [6, 6.07) is 4.17. The summed E-state index contributed by atoms with van der Waals surface area (Å²) in [5, 5.41) is 13.1. The van der Waals surface area contributed by atoms with Crippen LogP contribution in [0.2, 0.25) is 0 Å². The van der Waals surface area contributed by atoms with Crippen molar-refractivity contribution >= 4 is 15.7 Å². The van der Waals surface area contributed by atoms with Crippen molar-refractivity contribution in [2.24, 2.45) is 0 Å². The number of halogens is 3. The lowest BCUT2D eigenvalue weighted by atomic mass is 10.2. The van der Waals surface area contributed by atoms with Gasteiger partial charge >= 0.3 is 6.18 Å². The largest absolute Gasteiger partial charge is 0.436 e. The summed E-state index contributed by atoms with van der Waals surface area (Å²) in [6.07, 6.45) is -2.05. The number of rotatable bonds is 3. The highest BCUT2D eigenvalue weighted by atomic mass is 32.2. The first-order chi connectivity index (χ1) is 13.5. The third-order valence-electron chi connectivity index (χ3n) is 4.63. The van der Waals surface area contributed by atoms with Gasteiger partial charge in [-0.1, -0.05) is 0 Å². The lowest BCUT2D eigenvalue weighted by Crippen LogP contribution is -2.31. The van der Waals surface area contributed by atoms with Gasteiger partial charge in [0.05, 0.1) is 4.90 Å². The second-order valence-corrected chi connectivity index (χ2v) is 8.85. The number of sulfone groups is 1. The van der Waals surface area contributed by atoms with Gasteiger partial charge in [0.25, 0.3) is 0 Å². The molecule has 0 N–H and O–H groups in total. The van der Waals surface area contributed by atoms with E-state index in [1.54, 1.807) is 11.0 Å². The van der Waals surface area contributed by atoms with Crippen molar-refractivity contribution in [3.63, 3.8) is 0 Å². The highest BCUT2D eigenvalue weighted by Crippen LogP contribution is 2.37. The highest BCUT2D eigenvalue weighted by molar-refractivity contribution is 7.90. The smallest absolute Gasteiger partial charge is 0.354 e. The summed E-state index contributed by atoms with van der Waals surface area (Å²) in [5.74, 6) is 0.00623. The molecule has 1 aliphatic heterocycles. The number of hydrogen-bond acceptors (Lipinski definition) is 7. The molecule has 3 heterocycles. The predicted octanol–water partition coefficient (Wildman–Crippen LogP) is 1.70. The molecule has 12 heteroatoms. The molecule has 1 aliphatic rings. The Kier molecular flexibility index (Phi) is 5.55. The fourth-order valence-corrected chi connectivity index (χ4v) is 3.70. The molecule has 0 aromatic carbocycles. The number of nitriles is 1. The lowest BCUT2D eigenvalue weighted by molar-refractivity contribution is -0.141. The Balaban J connectivity index is 2.17. The van der Waals surface area contributed by atoms with Gasteiger partial charge < -0.3 is 9.80 Å². The molecular weight excluding hydrogens is 409 g/mol. The summed E-state index contributed by atoms with van der Waals surface area (Å²) in [6.45, 7) is 2.25. The number of anilines is 1. The van der Waals surface area contributed by atoms with E-state index in [1.807, 2.05) is 7.05 Å². The Morgan fingerprint density at radius 2 is 1.90 bits per heavy atom. The predicted molar refractivity (Wildman–Crippen MR) is 98.5 cm³/mol. The third-order valence-corrected chi connectivity index (χ3v) is 5.72. The first-order valence-electron chi connectivity index (χ1n) is 8.72. The van der Waals surface area contributed by atoms with Crippen LogP contribution in [0.5, 0.6) is 0 Å². The SMILES string of the molecule is CN1CCCN(c2c(C#N)c(C(F)(F)F)nn2-c2ccc(S(C)(=O)=O)cn2)CC1. The maximum absolute atomic E-state index is 13.5. The number of likely N-dealkylation sites (N-methyl/N-ethyl adjacent to an activating group) is 1. The van der Waals surface area contributed by atoms with Crippen molar-refractivity contribution in [1.82, 2.24) is 19.7 Å². The zero-order chi connectivity index (χ0) is 21.4. The molecular formula is C17H19F3N6O2S. The Morgan fingerprint density at radius 1 is 1.17 bits per heavy atom. The monoisotopic (exact) mass is 428 g/mol. The van der Waals surface area contributed by atoms with Gasteiger partial charge in [-0.05, 0) is 32.1 Å². The normalized spacial score (nSPS) is 16.5. The summed E-state index contributed by atoms with van der Waals surface area (Å²) in [5.41, 5.74) is -1.86. The van der Waals surface area contributed by atoms with Crippen molar-refractivity contribution in [2.75, 3.05) is 44.4 Å². The minimum Gasteiger partial charge on any atom is -0.354 e. The van der Waals surface area contributed by atoms with Crippen molar-refractivity contribution in [2.45, 2.75) is 17.5 Å². The van der Waals surface area contributed by atoms with Gasteiger partial charge in [-0.15, -0.1) is 0 Å². The Labute approximate surface area is 166 Å². The standard InChI is InChI=1S/C17H19F3N6O2S/c1-24-6-3-7-25(9-8-24)16-13(10-21)15(17(18,19)20)23-26(16)14-5-4-12(11-22-14)29(2,27)28/h4-5,11H,3,6-9H2,1-2H3. The molecule has 29 heavy (non-hydrogen) atoms. The van der Waals surface area contributed by atoms with Crippen LogP contribution in [0, 0.1) is 11.3 Å². The lowest BCUT2D eigenvalue weighted by Gasteiger charge is -2.23. The molecule has 0 radical (unpaired) electrons. The molecule has 156 valence electrons. The number of hydrogen-bond donors (Lipinski definition) is 0. The molecule has 1 saturated heterocycles. The van der Waals surface area contributed by atoms with Gasteiger partial charge in [-0.2, -0.15) is 28.2 Å². The summed E-state index contributed by atoms with van der Waals surface area (Å²) >= 11 is 0. The molecule has 0 unspecified atom stereocenters. The van der Waals surface area contributed by atoms with E-state index in [4.69, 9.17) is 0 Å². The van der Waals surface area contributed by atoms with Crippen molar-refractivity contribution in [1.29, 1.82) is 5.26 Å². The topological polar surface area (TPSA) is 95.1 Å². The number of aromatic nitrogens is 3. The second kappa shape index (κ2) is 7.64. The van der Waals surface area contributed by atoms with Gasteiger partial charge in [0.15, 0.2) is 27.2 Å². The van der Waals surface area contributed by atoms with Gasteiger partial charge in [-0.3, -0.25) is 0 Å². The summed E-state index contributed by atoms with van der Waals surface area (Å²) in [7, 11) is -1.60. The zero-order valence-electron chi connectivity index (χ0n) is 15.8. The molecule has 0 atom stereocenters. The van der Waals surface area contributed by atoms with E-state index >= 15 is 0 Å².